The highest BCUT2D eigenvalue weighted by Gasteiger charge is 2.52. The van der Waals surface area contributed by atoms with E-state index in [-0.39, 0.29) is 0 Å². The van der Waals surface area contributed by atoms with E-state index in [9.17, 15) is 0 Å². The molecule has 1 heteroatoms. The molecule has 1 spiro atoms. The molecule has 0 aromatic heterocycles. The first-order valence-corrected chi connectivity index (χ1v) is 9.04. The molecule has 2 fully saturated rings. The minimum atomic E-state index is 0.718. The van der Waals surface area contributed by atoms with Crippen LogP contribution < -0.4 is 0 Å². The molecule has 1 nitrogen and oxygen atoms in total. The van der Waals surface area contributed by atoms with Gasteiger partial charge in [-0.25, -0.2) is 0 Å². The van der Waals surface area contributed by atoms with Crippen LogP contribution in [-0.4, -0.2) is 10.9 Å². The number of hydrogen-bond acceptors (Lipinski definition) is 1. The molecule has 0 heterocycles. The molecule has 0 N–H and O–H groups in total. The van der Waals surface area contributed by atoms with Gasteiger partial charge in [-0.1, -0.05) is 67.6 Å². The lowest BCUT2D eigenvalue weighted by molar-refractivity contribution is -0.0882. The van der Waals surface area contributed by atoms with E-state index in [0.717, 1.165) is 30.5 Å². The second-order valence-corrected chi connectivity index (χ2v) is 7.95. The van der Waals surface area contributed by atoms with Crippen LogP contribution in [0.2, 0.25) is 0 Å². The van der Waals surface area contributed by atoms with Crippen LogP contribution in [-0.2, 0) is 13.1 Å². The summed E-state index contributed by atoms with van der Waals surface area (Å²) in [5, 5.41) is 0. The molecular formula is C22H27N. The lowest BCUT2D eigenvalue weighted by Crippen LogP contribution is -2.55. The van der Waals surface area contributed by atoms with Gasteiger partial charge in [0.05, 0.1) is 0 Å². The summed E-state index contributed by atoms with van der Waals surface area (Å²) in [4.78, 5) is 2.71. The molecule has 0 atom stereocenters. The minimum Gasteiger partial charge on any atom is -0.292 e. The predicted molar refractivity (Wildman–Crippen MR) is 96.0 cm³/mol. The first-order chi connectivity index (χ1) is 11.2. The van der Waals surface area contributed by atoms with Gasteiger partial charge in [0.25, 0.3) is 0 Å². The first-order valence-electron chi connectivity index (χ1n) is 9.04. The van der Waals surface area contributed by atoms with Crippen molar-refractivity contribution in [2.24, 2.45) is 11.3 Å². The highest BCUT2D eigenvalue weighted by atomic mass is 15.2. The number of hydrogen-bond donors (Lipinski definition) is 0. The Balaban J connectivity index is 1.45. The fourth-order valence-corrected chi connectivity index (χ4v) is 4.90. The fourth-order valence-electron chi connectivity index (χ4n) is 4.90. The van der Waals surface area contributed by atoms with Crippen LogP contribution in [0.4, 0.5) is 0 Å². The second kappa shape index (κ2) is 6.13. The van der Waals surface area contributed by atoms with Crippen molar-refractivity contribution < 1.29 is 0 Å². The Hall–Kier alpha value is -1.60. The van der Waals surface area contributed by atoms with Gasteiger partial charge < -0.3 is 0 Å². The van der Waals surface area contributed by atoms with Crippen LogP contribution in [0.25, 0.3) is 0 Å². The average molecular weight is 305 g/mol. The topological polar surface area (TPSA) is 3.24 Å². The van der Waals surface area contributed by atoms with Crippen molar-refractivity contribution in [1.82, 2.24) is 4.90 Å². The maximum absolute atomic E-state index is 2.71. The van der Waals surface area contributed by atoms with Crippen molar-refractivity contribution in [1.29, 1.82) is 0 Å². The Morgan fingerprint density at radius 2 is 1.26 bits per heavy atom. The summed E-state index contributed by atoms with van der Waals surface area (Å²) >= 11 is 0. The van der Waals surface area contributed by atoms with Gasteiger partial charge in [0, 0.05) is 19.1 Å². The molecule has 0 unspecified atom stereocenters. The van der Waals surface area contributed by atoms with Crippen molar-refractivity contribution in [3.63, 3.8) is 0 Å². The first kappa shape index (κ1) is 15.0. The Morgan fingerprint density at radius 3 is 1.70 bits per heavy atom. The summed E-state index contributed by atoms with van der Waals surface area (Å²) in [6.45, 7) is 4.56. The third-order valence-electron chi connectivity index (χ3n) is 5.87. The van der Waals surface area contributed by atoms with E-state index in [1.165, 1.54) is 36.8 Å². The second-order valence-electron chi connectivity index (χ2n) is 7.95. The van der Waals surface area contributed by atoms with Gasteiger partial charge in [0.1, 0.15) is 0 Å². The molecule has 2 aliphatic rings. The minimum absolute atomic E-state index is 0.718. The van der Waals surface area contributed by atoms with Gasteiger partial charge in [-0.15, -0.1) is 0 Å². The predicted octanol–water partition coefficient (Wildman–Crippen LogP) is 5.27. The molecule has 2 aromatic rings. The summed E-state index contributed by atoms with van der Waals surface area (Å²) in [5.74, 6) is 0.965. The molecular weight excluding hydrogens is 278 g/mol. The standard InChI is InChI=1S/C22H27N/c1-18-12-22(13-18)14-21(15-22)23(16-19-8-4-2-5-9-19)17-20-10-6-3-7-11-20/h2-11,18,21H,12-17H2,1H3. The van der Waals surface area contributed by atoms with Crippen molar-refractivity contribution in [3.8, 4) is 0 Å². The van der Waals surface area contributed by atoms with E-state index in [0.29, 0.717) is 0 Å². The van der Waals surface area contributed by atoms with E-state index in [4.69, 9.17) is 0 Å². The SMILES string of the molecule is CC1CC2(C1)CC(N(Cc1ccccc1)Cc1ccccc1)C2. The van der Waals surface area contributed by atoms with E-state index in [1.54, 1.807) is 0 Å². The number of benzene rings is 2. The van der Waals surface area contributed by atoms with Gasteiger partial charge in [-0.2, -0.15) is 0 Å². The zero-order valence-electron chi connectivity index (χ0n) is 14.1. The van der Waals surface area contributed by atoms with Crippen molar-refractivity contribution in [3.05, 3.63) is 71.8 Å². The largest absolute Gasteiger partial charge is 0.292 e. The molecule has 120 valence electrons. The summed E-state index contributed by atoms with van der Waals surface area (Å²) in [6, 6.07) is 22.7. The van der Waals surface area contributed by atoms with Gasteiger partial charge in [-0.05, 0) is 48.1 Å². The van der Waals surface area contributed by atoms with Crippen molar-refractivity contribution >= 4 is 0 Å². The monoisotopic (exact) mass is 305 g/mol. The molecule has 0 bridgehead atoms. The molecule has 0 saturated heterocycles. The van der Waals surface area contributed by atoms with Crippen LogP contribution in [0.1, 0.15) is 43.7 Å². The van der Waals surface area contributed by atoms with Crippen LogP contribution in [0, 0.1) is 11.3 Å². The zero-order valence-corrected chi connectivity index (χ0v) is 14.1. The highest BCUT2D eigenvalue weighted by Crippen LogP contribution is 2.59. The van der Waals surface area contributed by atoms with Crippen molar-refractivity contribution in [2.75, 3.05) is 0 Å². The van der Waals surface area contributed by atoms with Crippen LogP contribution in [0.5, 0.6) is 0 Å². The van der Waals surface area contributed by atoms with Crippen LogP contribution in [0.3, 0.4) is 0 Å². The highest BCUT2D eigenvalue weighted by molar-refractivity contribution is 5.18. The van der Waals surface area contributed by atoms with Gasteiger partial charge >= 0.3 is 0 Å². The van der Waals surface area contributed by atoms with E-state index in [1.807, 2.05) is 0 Å². The molecule has 0 aliphatic heterocycles. The molecule has 2 aliphatic carbocycles. The lowest BCUT2D eigenvalue weighted by atomic mass is 9.50. The molecule has 0 amide bonds. The quantitative estimate of drug-likeness (QED) is 0.727. The summed E-state index contributed by atoms with van der Waals surface area (Å²) in [6.07, 6.45) is 5.76. The molecule has 4 rings (SSSR count). The van der Waals surface area contributed by atoms with Gasteiger partial charge in [0.2, 0.25) is 0 Å². The third-order valence-corrected chi connectivity index (χ3v) is 5.87. The van der Waals surface area contributed by atoms with Crippen molar-refractivity contribution in [2.45, 2.75) is 51.7 Å². The smallest absolute Gasteiger partial charge is 0.0240 e. The fraction of sp³-hybridized carbons (Fsp3) is 0.455. The Bertz CT molecular complexity index is 578. The Labute approximate surface area is 140 Å². The Kier molecular flexibility index (Phi) is 3.98. The van der Waals surface area contributed by atoms with E-state index >= 15 is 0 Å². The van der Waals surface area contributed by atoms with Gasteiger partial charge in [0.15, 0.2) is 0 Å². The summed E-state index contributed by atoms with van der Waals surface area (Å²) in [7, 11) is 0. The maximum Gasteiger partial charge on any atom is 0.0240 e. The zero-order chi connectivity index (χ0) is 15.7. The Morgan fingerprint density at radius 1 is 0.783 bits per heavy atom. The average Bonchev–Trinajstić information content (AvgIpc) is 2.51. The lowest BCUT2D eigenvalue weighted by Gasteiger charge is -2.59. The van der Waals surface area contributed by atoms with Crippen LogP contribution >= 0.6 is 0 Å². The summed E-state index contributed by atoms with van der Waals surface area (Å²) in [5.41, 5.74) is 3.59. The van der Waals surface area contributed by atoms with E-state index in [2.05, 4.69) is 72.5 Å². The summed E-state index contributed by atoms with van der Waals surface area (Å²) < 4.78 is 0. The molecule has 2 aromatic carbocycles. The maximum atomic E-state index is 2.71. The van der Waals surface area contributed by atoms with Crippen LogP contribution in [0.15, 0.2) is 60.7 Å². The number of nitrogens with zero attached hydrogens (tertiary/aromatic N) is 1. The number of rotatable bonds is 5. The van der Waals surface area contributed by atoms with Gasteiger partial charge in [-0.3, -0.25) is 4.90 Å². The molecule has 0 radical (unpaired) electrons. The molecule has 23 heavy (non-hydrogen) atoms. The molecule has 2 saturated carbocycles. The third kappa shape index (κ3) is 3.21. The van der Waals surface area contributed by atoms with E-state index < -0.39 is 0 Å². The normalized spacial score (nSPS) is 29.3.